The molecular weight excluding hydrogens is 478 g/mol. The molecule has 0 spiro atoms. The molecule has 4 heterocycles. The van der Waals surface area contributed by atoms with Gasteiger partial charge >= 0.3 is 5.69 Å². The van der Waals surface area contributed by atoms with Crippen molar-refractivity contribution in [3.63, 3.8) is 0 Å². The average Bonchev–Trinajstić information content (AvgIpc) is 3.69. The van der Waals surface area contributed by atoms with Crippen LogP contribution in [0, 0.1) is 11.3 Å². The van der Waals surface area contributed by atoms with Gasteiger partial charge in [0.1, 0.15) is 11.9 Å². The number of hydrogen-bond donors (Lipinski definition) is 1. The van der Waals surface area contributed by atoms with Crippen LogP contribution in [-0.2, 0) is 19.5 Å². The van der Waals surface area contributed by atoms with Gasteiger partial charge < -0.3 is 4.57 Å². The summed E-state index contributed by atoms with van der Waals surface area (Å²) in [6.45, 7) is 5.27. The molecule has 0 amide bonds. The molecule has 10 heteroatoms. The van der Waals surface area contributed by atoms with Crippen LogP contribution in [0.15, 0.2) is 66.0 Å². The molecule has 192 valence electrons. The van der Waals surface area contributed by atoms with Gasteiger partial charge in [-0.15, -0.1) is 5.10 Å². The summed E-state index contributed by atoms with van der Waals surface area (Å²) < 4.78 is 5.41. The topological polar surface area (TPSA) is 123 Å². The minimum atomic E-state index is -0.175. The number of hydrogen-bond acceptors (Lipinski definition) is 6. The van der Waals surface area contributed by atoms with Crippen LogP contribution in [-0.4, -0.2) is 39.3 Å². The Hall–Kier alpha value is -4.78. The van der Waals surface area contributed by atoms with Crippen molar-refractivity contribution in [2.75, 3.05) is 0 Å². The highest BCUT2D eigenvalue weighted by Crippen LogP contribution is 2.32. The molecule has 5 rings (SSSR count). The molecule has 5 aromatic rings. The minimum absolute atomic E-state index is 0.175. The Labute approximate surface area is 220 Å². The molecule has 0 bridgehead atoms. The van der Waals surface area contributed by atoms with Crippen LogP contribution in [0.1, 0.15) is 49.9 Å². The largest absolute Gasteiger partial charge is 0.334 e. The van der Waals surface area contributed by atoms with E-state index in [0.717, 1.165) is 60.2 Å². The molecule has 0 saturated heterocycles. The SMILES string of the molecule is CCCCc1cn(-c2c(C#N)ccn2CCC)c(=O)n1Cc1cnccc1-c1ccccc1-c1nnn[nH]1. The molecule has 0 saturated carbocycles. The smallest absolute Gasteiger partial charge is 0.333 e. The monoisotopic (exact) mass is 507 g/mol. The van der Waals surface area contributed by atoms with Gasteiger partial charge in [0, 0.05) is 42.6 Å². The fourth-order valence-corrected chi connectivity index (χ4v) is 4.83. The van der Waals surface area contributed by atoms with E-state index in [1.807, 2.05) is 47.3 Å². The predicted octanol–water partition coefficient (Wildman–Crippen LogP) is 4.36. The Morgan fingerprint density at radius 1 is 1.05 bits per heavy atom. The van der Waals surface area contributed by atoms with Gasteiger partial charge in [-0.25, -0.2) is 9.89 Å². The maximum atomic E-state index is 13.9. The van der Waals surface area contributed by atoms with E-state index in [1.165, 1.54) is 0 Å². The second-order valence-corrected chi connectivity index (χ2v) is 9.15. The van der Waals surface area contributed by atoms with E-state index < -0.39 is 0 Å². The van der Waals surface area contributed by atoms with E-state index in [0.29, 0.717) is 23.8 Å². The van der Waals surface area contributed by atoms with Crippen LogP contribution in [0.4, 0.5) is 0 Å². The number of aromatic amines is 1. The van der Waals surface area contributed by atoms with E-state index >= 15 is 0 Å². The molecule has 0 aliphatic heterocycles. The molecule has 0 aliphatic carbocycles. The predicted molar refractivity (Wildman–Crippen MR) is 144 cm³/mol. The van der Waals surface area contributed by atoms with Gasteiger partial charge in [0.05, 0.1) is 12.1 Å². The highest BCUT2D eigenvalue weighted by Gasteiger charge is 2.20. The van der Waals surface area contributed by atoms with Crippen molar-refractivity contribution in [3.05, 3.63) is 88.5 Å². The summed E-state index contributed by atoms with van der Waals surface area (Å²) in [4.78, 5) is 18.3. The Kier molecular flexibility index (Phi) is 7.26. The molecule has 0 aliphatic rings. The van der Waals surface area contributed by atoms with Gasteiger partial charge in [0.15, 0.2) is 5.82 Å². The van der Waals surface area contributed by atoms with Crippen molar-refractivity contribution in [1.82, 2.24) is 39.3 Å². The first-order chi connectivity index (χ1) is 18.7. The number of pyridine rings is 1. The maximum Gasteiger partial charge on any atom is 0.334 e. The molecule has 4 aromatic heterocycles. The average molecular weight is 508 g/mol. The normalized spacial score (nSPS) is 11.1. The molecular formula is C28H29N9O. The molecule has 0 fully saturated rings. The van der Waals surface area contributed by atoms with Crippen molar-refractivity contribution in [1.29, 1.82) is 5.26 Å². The number of unbranched alkanes of at least 4 members (excludes halogenated alkanes) is 1. The number of nitrogens with zero attached hydrogens (tertiary/aromatic N) is 8. The van der Waals surface area contributed by atoms with Crippen molar-refractivity contribution in [2.24, 2.45) is 0 Å². The van der Waals surface area contributed by atoms with Crippen LogP contribution in [0.3, 0.4) is 0 Å². The summed E-state index contributed by atoms with van der Waals surface area (Å²) >= 11 is 0. The summed E-state index contributed by atoms with van der Waals surface area (Å²) in [7, 11) is 0. The number of aryl methyl sites for hydroxylation is 2. The molecule has 38 heavy (non-hydrogen) atoms. The van der Waals surface area contributed by atoms with Gasteiger partial charge in [-0.05, 0) is 58.5 Å². The number of benzene rings is 1. The van der Waals surface area contributed by atoms with Crippen molar-refractivity contribution in [2.45, 2.75) is 52.6 Å². The third-order valence-electron chi connectivity index (χ3n) is 6.65. The molecule has 0 radical (unpaired) electrons. The van der Waals surface area contributed by atoms with E-state index in [-0.39, 0.29) is 5.69 Å². The lowest BCUT2D eigenvalue weighted by Crippen LogP contribution is -2.26. The van der Waals surface area contributed by atoms with Gasteiger partial charge in [-0.2, -0.15) is 5.26 Å². The lowest BCUT2D eigenvalue weighted by atomic mass is 9.96. The number of nitrogens with one attached hydrogen (secondary N) is 1. The number of imidazole rings is 1. The lowest BCUT2D eigenvalue weighted by Gasteiger charge is -2.14. The zero-order valence-corrected chi connectivity index (χ0v) is 21.5. The summed E-state index contributed by atoms with van der Waals surface area (Å²) in [5, 5.41) is 24.2. The third-order valence-corrected chi connectivity index (χ3v) is 6.65. The molecule has 0 unspecified atom stereocenters. The Morgan fingerprint density at radius 2 is 1.89 bits per heavy atom. The van der Waals surface area contributed by atoms with Gasteiger partial charge in [0.25, 0.3) is 0 Å². The fraction of sp³-hybridized carbons (Fsp3) is 0.286. The van der Waals surface area contributed by atoms with E-state index in [2.05, 4.69) is 45.5 Å². The van der Waals surface area contributed by atoms with Gasteiger partial charge in [-0.3, -0.25) is 14.1 Å². The van der Waals surface area contributed by atoms with E-state index in [1.54, 1.807) is 27.6 Å². The zero-order valence-electron chi connectivity index (χ0n) is 21.5. The van der Waals surface area contributed by atoms with Crippen molar-refractivity contribution < 1.29 is 0 Å². The van der Waals surface area contributed by atoms with Gasteiger partial charge in [0.2, 0.25) is 0 Å². The van der Waals surface area contributed by atoms with E-state index in [9.17, 15) is 10.1 Å². The van der Waals surface area contributed by atoms with Crippen LogP contribution in [0.25, 0.3) is 28.3 Å². The quantitative estimate of drug-likeness (QED) is 0.300. The first kappa shape index (κ1) is 24.9. The number of tetrazole rings is 1. The third kappa shape index (κ3) is 4.66. The van der Waals surface area contributed by atoms with Crippen LogP contribution in [0.5, 0.6) is 0 Å². The second-order valence-electron chi connectivity index (χ2n) is 9.15. The summed E-state index contributed by atoms with van der Waals surface area (Å²) in [5.74, 6) is 1.18. The molecule has 1 aromatic carbocycles. The highest BCUT2D eigenvalue weighted by atomic mass is 16.1. The Balaban J connectivity index is 1.63. The maximum absolute atomic E-state index is 13.9. The number of rotatable bonds is 10. The van der Waals surface area contributed by atoms with Crippen molar-refractivity contribution in [3.8, 4) is 34.4 Å². The summed E-state index contributed by atoms with van der Waals surface area (Å²) in [6.07, 6.45) is 10.9. The first-order valence-corrected chi connectivity index (χ1v) is 12.8. The zero-order chi connectivity index (χ0) is 26.5. The first-order valence-electron chi connectivity index (χ1n) is 12.8. The highest BCUT2D eigenvalue weighted by molar-refractivity contribution is 5.81. The van der Waals surface area contributed by atoms with Crippen LogP contribution >= 0.6 is 0 Å². The lowest BCUT2D eigenvalue weighted by molar-refractivity contribution is 0.644. The van der Waals surface area contributed by atoms with Gasteiger partial charge in [-0.1, -0.05) is 44.5 Å². The standard InChI is InChI=1S/C28H29N9O/c1-3-5-8-22-19-37(27-20(16-29)12-15-35(27)14-4-2)28(38)36(22)18-21-17-30-13-11-23(21)24-9-6-7-10-25(24)26-31-33-34-32-26/h6-7,9-13,15,17,19H,3-5,8,14,18H2,1-2H3,(H,31,32,33,34). The molecule has 10 nitrogen and oxygen atoms in total. The molecule has 1 N–H and O–H groups in total. The fourth-order valence-electron chi connectivity index (χ4n) is 4.83. The summed E-state index contributed by atoms with van der Waals surface area (Å²) in [5.41, 5.74) is 4.87. The number of nitriles is 1. The number of H-pyrrole nitrogens is 1. The number of aromatic nitrogens is 8. The second kappa shape index (κ2) is 11.1. The Bertz CT molecular complexity index is 1630. The van der Waals surface area contributed by atoms with Crippen LogP contribution in [0.2, 0.25) is 0 Å². The molecule has 0 atom stereocenters. The van der Waals surface area contributed by atoms with Crippen LogP contribution < -0.4 is 5.69 Å². The minimum Gasteiger partial charge on any atom is -0.333 e. The van der Waals surface area contributed by atoms with E-state index in [4.69, 9.17) is 0 Å². The van der Waals surface area contributed by atoms with Crippen molar-refractivity contribution >= 4 is 0 Å². The Morgan fingerprint density at radius 3 is 2.63 bits per heavy atom. The summed E-state index contributed by atoms with van der Waals surface area (Å²) in [6, 6.07) is 13.9.